The average molecular weight is 510 g/mol. The van der Waals surface area contributed by atoms with Crippen LogP contribution >= 0.6 is 24.0 Å². The van der Waals surface area contributed by atoms with Crippen molar-refractivity contribution in [2.24, 2.45) is 16.8 Å². The van der Waals surface area contributed by atoms with E-state index in [1.807, 2.05) is 0 Å². The first-order valence-electron chi connectivity index (χ1n) is 10.3. The van der Waals surface area contributed by atoms with Crippen molar-refractivity contribution in [1.82, 2.24) is 15.1 Å². The number of carbonyl (C=O) groups is 1. The summed E-state index contributed by atoms with van der Waals surface area (Å²) < 4.78 is 10.7. The third-order valence-electron chi connectivity index (χ3n) is 5.66. The van der Waals surface area contributed by atoms with E-state index in [4.69, 9.17) is 9.47 Å². The molecular formula is C20H39IN4O3. The Labute approximate surface area is 187 Å². The topological polar surface area (TPSA) is 66.4 Å². The van der Waals surface area contributed by atoms with Crippen molar-refractivity contribution >= 4 is 35.8 Å². The number of methoxy groups -OCH3 is 1. The number of nitrogens with one attached hydrogen (secondary N) is 1. The number of nitrogens with zero attached hydrogens (tertiary/aromatic N) is 3. The summed E-state index contributed by atoms with van der Waals surface area (Å²) in [7, 11) is 5.24. The summed E-state index contributed by atoms with van der Waals surface area (Å²) in [6.45, 7) is 6.43. The molecule has 1 amide bonds. The monoisotopic (exact) mass is 510 g/mol. The van der Waals surface area contributed by atoms with E-state index in [1.54, 1.807) is 26.1 Å². The quantitative estimate of drug-likeness (QED) is 0.235. The van der Waals surface area contributed by atoms with Gasteiger partial charge in [-0.25, -0.2) is 4.99 Å². The fourth-order valence-electron chi connectivity index (χ4n) is 3.77. The second kappa shape index (κ2) is 13.6. The van der Waals surface area contributed by atoms with Crippen LogP contribution in [0.1, 0.15) is 39.0 Å². The van der Waals surface area contributed by atoms with Crippen LogP contribution in [0.4, 0.5) is 0 Å². The zero-order valence-corrected chi connectivity index (χ0v) is 20.3. The van der Waals surface area contributed by atoms with E-state index >= 15 is 0 Å². The second-order valence-electron chi connectivity index (χ2n) is 8.11. The predicted octanol–water partition coefficient (Wildman–Crippen LogP) is 2.20. The van der Waals surface area contributed by atoms with Gasteiger partial charge in [0, 0.05) is 46.3 Å². The Kier molecular flexibility index (Phi) is 12.3. The van der Waals surface area contributed by atoms with Gasteiger partial charge in [-0.2, -0.15) is 0 Å². The fourth-order valence-corrected chi connectivity index (χ4v) is 3.77. The van der Waals surface area contributed by atoms with Crippen LogP contribution in [-0.4, -0.2) is 88.4 Å². The van der Waals surface area contributed by atoms with E-state index in [-0.39, 0.29) is 36.4 Å². The number of ether oxygens (including phenoxy) is 2. The molecule has 7 nitrogen and oxygen atoms in total. The number of likely N-dealkylation sites (tertiary alicyclic amines) is 1. The molecule has 2 rings (SSSR count). The van der Waals surface area contributed by atoms with E-state index < -0.39 is 0 Å². The standard InChI is InChI=1S/C20H38N4O3.HI/c1-16-7-5-6-8-18(16)22-20(21-13-19(25)23(2)3)24-10-9-17(14-24)15-27-12-11-26-4;/h16-18H,5-15H2,1-4H3,(H,21,22);1H. The third kappa shape index (κ3) is 8.41. The highest BCUT2D eigenvalue weighted by Gasteiger charge is 2.29. The molecule has 1 saturated carbocycles. The summed E-state index contributed by atoms with van der Waals surface area (Å²) in [5.74, 6) is 2.07. The number of hydrogen-bond donors (Lipinski definition) is 1. The van der Waals surface area contributed by atoms with Crippen LogP contribution in [0.15, 0.2) is 4.99 Å². The van der Waals surface area contributed by atoms with Crippen LogP contribution in [0.25, 0.3) is 0 Å². The molecule has 0 radical (unpaired) electrons. The molecule has 0 spiro atoms. The lowest BCUT2D eigenvalue weighted by Crippen LogP contribution is -2.49. The summed E-state index contributed by atoms with van der Waals surface area (Å²) in [5, 5.41) is 3.68. The van der Waals surface area contributed by atoms with Crippen molar-refractivity contribution in [3.63, 3.8) is 0 Å². The van der Waals surface area contributed by atoms with Crippen molar-refractivity contribution in [3.05, 3.63) is 0 Å². The largest absolute Gasteiger partial charge is 0.382 e. The van der Waals surface area contributed by atoms with Gasteiger partial charge in [0.15, 0.2) is 5.96 Å². The number of aliphatic imine (C=N–C) groups is 1. The van der Waals surface area contributed by atoms with Crippen LogP contribution in [0.2, 0.25) is 0 Å². The maximum absolute atomic E-state index is 12.0. The molecule has 164 valence electrons. The molecule has 3 unspecified atom stereocenters. The first kappa shape index (κ1) is 25.4. The van der Waals surface area contributed by atoms with Crippen LogP contribution in [0, 0.1) is 11.8 Å². The average Bonchev–Trinajstić information content (AvgIpc) is 3.12. The summed E-state index contributed by atoms with van der Waals surface area (Å²) >= 11 is 0. The van der Waals surface area contributed by atoms with Gasteiger partial charge in [0.25, 0.3) is 0 Å². The Morgan fingerprint density at radius 3 is 2.64 bits per heavy atom. The van der Waals surface area contributed by atoms with Crippen LogP contribution in [0.5, 0.6) is 0 Å². The van der Waals surface area contributed by atoms with Gasteiger partial charge in [-0.3, -0.25) is 4.79 Å². The number of amides is 1. The van der Waals surface area contributed by atoms with Gasteiger partial charge in [-0.15, -0.1) is 24.0 Å². The zero-order chi connectivity index (χ0) is 19.6. The minimum absolute atomic E-state index is 0. The van der Waals surface area contributed by atoms with E-state index in [9.17, 15) is 4.79 Å². The van der Waals surface area contributed by atoms with Gasteiger partial charge in [0.05, 0.1) is 19.8 Å². The minimum atomic E-state index is 0. The van der Waals surface area contributed by atoms with Gasteiger partial charge in [-0.1, -0.05) is 19.8 Å². The molecule has 2 fully saturated rings. The van der Waals surface area contributed by atoms with Crippen molar-refractivity contribution in [2.75, 3.05) is 60.7 Å². The van der Waals surface area contributed by atoms with Crippen molar-refractivity contribution in [2.45, 2.75) is 45.1 Å². The van der Waals surface area contributed by atoms with Crippen LogP contribution in [0.3, 0.4) is 0 Å². The number of rotatable bonds is 8. The fraction of sp³-hybridized carbons (Fsp3) is 0.900. The predicted molar refractivity (Wildman–Crippen MR) is 123 cm³/mol. The SMILES string of the molecule is COCCOCC1CCN(C(=NCC(=O)N(C)C)NC2CCCCC2C)C1.I. The van der Waals surface area contributed by atoms with Gasteiger partial charge in [0.1, 0.15) is 6.54 Å². The van der Waals surface area contributed by atoms with E-state index in [2.05, 4.69) is 22.1 Å². The lowest BCUT2D eigenvalue weighted by Gasteiger charge is -2.33. The van der Waals surface area contributed by atoms with Crippen molar-refractivity contribution in [3.8, 4) is 0 Å². The number of carbonyl (C=O) groups excluding carboxylic acids is 1. The highest BCUT2D eigenvalue weighted by Crippen LogP contribution is 2.24. The highest BCUT2D eigenvalue weighted by atomic mass is 127. The second-order valence-corrected chi connectivity index (χ2v) is 8.11. The van der Waals surface area contributed by atoms with Crippen LogP contribution in [-0.2, 0) is 14.3 Å². The smallest absolute Gasteiger partial charge is 0.243 e. The molecule has 1 aliphatic carbocycles. The normalized spacial score (nSPS) is 25.4. The van der Waals surface area contributed by atoms with E-state index in [0.29, 0.717) is 31.1 Å². The number of guanidine groups is 1. The molecule has 1 saturated heterocycles. The van der Waals surface area contributed by atoms with Gasteiger partial charge < -0.3 is 24.6 Å². The third-order valence-corrected chi connectivity index (χ3v) is 5.66. The molecular weight excluding hydrogens is 471 g/mol. The maximum Gasteiger partial charge on any atom is 0.243 e. The number of likely N-dealkylation sites (N-methyl/N-ethyl adjacent to an activating group) is 1. The number of hydrogen-bond acceptors (Lipinski definition) is 4. The summed E-state index contributed by atoms with van der Waals surface area (Å²) in [6, 6.07) is 0.448. The first-order chi connectivity index (χ1) is 13.0. The number of halogens is 1. The molecule has 0 bridgehead atoms. The van der Waals surface area contributed by atoms with Crippen molar-refractivity contribution in [1.29, 1.82) is 0 Å². The van der Waals surface area contributed by atoms with E-state index in [1.165, 1.54) is 25.7 Å². The Morgan fingerprint density at radius 2 is 1.96 bits per heavy atom. The molecule has 1 aliphatic heterocycles. The summed E-state index contributed by atoms with van der Waals surface area (Å²) in [4.78, 5) is 20.6. The highest BCUT2D eigenvalue weighted by molar-refractivity contribution is 14.0. The summed E-state index contributed by atoms with van der Waals surface area (Å²) in [5.41, 5.74) is 0. The van der Waals surface area contributed by atoms with E-state index in [0.717, 1.165) is 32.1 Å². The minimum Gasteiger partial charge on any atom is -0.382 e. The molecule has 8 heteroatoms. The molecule has 2 aliphatic rings. The maximum atomic E-state index is 12.0. The Balaban J connectivity index is 0.00000392. The summed E-state index contributed by atoms with van der Waals surface area (Å²) in [6.07, 6.45) is 6.11. The lowest BCUT2D eigenvalue weighted by molar-refractivity contribution is -0.127. The Morgan fingerprint density at radius 1 is 1.21 bits per heavy atom. The molecule has 0 aromatic rings. The molecule has 28 heavy (non-hydrogen) atoms. The molecule has 1 heterocycles. The molecule has 0 aromatic heterocycles. The first-order valence-corrected chi connectivity index (χ1v) is 10.3. The lowest BCUT2D eigenvalue weighted by atomic mass is 9.86. The van der Waals surface area contributed by atoms with Crippen molar-refractivity contribution < 1.29 is 14.3 Å². The molecule has 3 atom stereocenters. The molecule has 1 N–H and O–H groups in total. The molecule has 0 aromatic carbocycles. The Hall–Kier alpha value is -0.610. The van der Waals surface area contributed by atoms with Gasteiger partial charge in [0.2, 0.25) is 5.91 Å². The van der Waals surface area contributed by atoms with Crippen LogP contribution < -0.4 is 5.32 Å². The van der Waals surface area contributed by atoms with Gasteiger partial charge >= 0.3 is 0 Å². The van der Waals surface area contributed by atoms with Gasteiger partial charge in [-0.05, 0) is 25.2 Å². The zero-order valence-electron chi connectivity index (χ0n) is 18.0. The Bertz CT molecular complexity index is 490.